The Morgan fingerprint density at radius 2 is 2.18 bits per heavy atom. The summed E-state index contributed by atoms with van der Waals surface area (Å²) in [6.07, 6.45) is 1.64. The van der Waals surface area contributed by atoms with E-state index in [1.54, 1.807) is 11.3 Å². The van der Waals surface area contributed by atoms with Crippen molar-refractivity contribution >= 4 is 11.3 Å². The molecule has 0 aliphatic rings. The molecule has 1 atom stereocenters. The first-order chi connectivity index (χ1) is 7.93. The van der Waals surface area contributed by atoms with Gasteiger partial charge in [-0.1, -0.05) is 34.1 Å². The van der Waals surface area contributed by atoms with Crippen molar-refractivity contribution in [3.05, 3.63) is 16.1 Å². The summed E-state index contributed by atoms with van der Waals surface area (Å²) < 4.78 is 0. The number of aliphatic hydroxyl groups excluding tert-OH is 1. The van der Waals surface area contributed by atoms with Gasteiger partial charge in [0.05, 0.1) is 16.8 Å². The Labute approximate surface area is 108 Å². The molecule has 1 heterocycles. The minimum atomic E-state index is -0.235. The van der Waals surface area contributed by atoms with Crippen LogP contribution in [0.25, 0.3) is 0 Å². The van der Waals surface area contributed by atoms with Crippen LogP contribution in [0.15, 0.2) is 5.38 Å². The van der Waals surface area contributed by atoms with E-state index >= 15 is 0 Å². The molecule has 0 spiro atoms. The molecule has 0 saturated carbocycles. The van der Waals surface area contributed by atoms with Crippen molar-refractivity contribution in [1.82, 2.24) is 10.3 Å². The average Bonchev–Trinajstić information content (AvgIpc) is 2.66. The van der Waals surface area contributed by atoms with Gasteiger partial charge in [0.25, 0.3) is 0 Å². The number of hydrogen-bond acceptors (Lipinski definition) is 4. The predicted molar refractivity (Wildman–Crippen MR) is 73.4 cm³/mol. The lowest BCUT2D eigenvalue weighted by molar-refractivity contribution is 0.160. The third kappa shape index (κ3) is 5.15. The zero-order valence-corrected chi connectivity index (χ0v) is 12.1. The number of aromatic nitrogens is 1. The van der Waals surface area contributed by atoms with Gasteiger partial charge in [-0.15, -0.1) is 11.3 Å². The second-order valence-electron chi connectivity index (χ2n) is 5.47. The van der Waals surface area contributed by atoms with E-state index < -0.39 is 0 Å². The van der Waals surface area contributed by atoms with Crippen LogP contribution in [0.3, 0.4) is 0 Å². The molecule has 0 aliphatic heterocycles. The largest absolute Gasteiger partial charge is 0.392 e. The Morgan fingerprint density at radius 3 is 2.71 bits per heavy atom. The van der Waals surface area contributed by atoms with Gasteiger partial charge >= 0.3 is 0 Å². The number of aliphatic hydroxyl groups is 1. The molecule has 1 rings (SSSR count). The third-order valence-corrected chi connectivity index (χ3v) is 3.82. The number of hydrogen-bond donors (Lipinski definition) is 2. The SMILES string of the molecule is CCCC(O)CNCc1csc(C(C)(C)C)n1. The van der Waals surface area contributed by atoms with Gasteiger partial charge < -0.3 is 10.4 Å². The Morgan fingerprint density at radius 1 is 1.47 bits per heavy atom. The first-order valence-electron chi connectivity index (χ1n) is 6.27. The van der Waals surface area contributed by atoms with Gasteiger partial charge in [0.2, 0.25) is 0 Å². The Hall–Kier alpha value is -0.450. The molecule has 4 heteroatoms. The maximum absolute atomic E-state index is 9.58. The van der Waals surface area contributed by atoms with Crippen LogP contribution >= 0.6 is 11.3 Å². The van der Waals surface area contributed by atoms with Crippen molar-refractivity contribution in [2.75, 3.05) is 6.54 Å². The average molecular weight is 256 g/mol. The molecule has 98 valence electrons. The van der Waals surface area contributed by atoms with E-state index in [-0.39, 0.29) is 11.5 Å². The number of nitrogens with zero attached hydrogens (tertiary/aromatic N) is 1. The summed E-state index contributed by atoms with van der Waals surface area (Å²) in [4.78, 5) is 4.60. The highest BCUT2D eigenvalue weighted by molar-refractivity contribution is 7.09. The minimum Gasteiger partial charge on any atom is -0.392 e. The van der Waals surface area contributed by atoms with Gasteiger partial charge in [-0.25, -0.2) is 4.98 Å². The lowest BCUT2D eigenvalue weighted by Gasteiger charge is -2.13. The Balaban J connectivity index is 2.35. The van der Waals surface area contributed by atoms with E-state index in [0.29, 0.717) is 6.54 Å². The van der Waals surface area contributed by atoms with Crippen LogP contribution in [0.1, 0.15) is 51.2 Å². The summed E-state index contributed by atoms with van der Waals surface area (Å²) >= 11 is 1.71. The monoisotopic (exact) mass is 256 g/mol. The molecule has 0 radical (unpaired) electrons. The highest BCUT2D eigenvalue weighted by Gasteiger charge is 2.17. The summed E-state index contributed by atoms with van der Waals surface area (Å²) in [7, 11) is 0. The van der Waals surface area contributed by atoms with Crippen LogP contribution in [0, 0.1) is 0 Å². The molecule has 0 aliphatic carbocycles. The molecule has 0 saturated heterocycles. The van der Waals surface area contributed by atoms with Crippen LogP contribution in [0.2, 0.25) is 0 Å². The highest BCUT2D eigenvalue weighted by Crippen LogP contribution is 2.25. The summed E-state index contributed by atoms with van der Waals surface area (Å²) in [6, 6.07) is 0. The van der Waals surface area contributed by atoms with E-state index in [0.717, 1.165) is 25.1 Å². The normalized spacial score (nSPS) is 13.9. The van der Waals surface area contributed by atoms with Crippen LogP contribution in [0.4, 0.5) is 0 Å². The van der Waals surface area contributed by atoms with E-state index in [9.17, 15) is 5.11 Å². The topological polar surface area (TPSA) is 45.1 Å². The van der Waals surface area contributed by atoms with Gasteiger partial charge in [-0.05, 0) is 6.42 Å². The standard InChI is InChI=1S/C13H24N2OS/c1-5-6-11(16)8-14-7-10-9-17-12(15-10)13(2,3)4/h9,11,14,16H,5-8H2,1-4H3. The van der Waals surface area contributed by atoms with Gasteiger partial charge in [0.1, 0.15) is 0 Å². The lowest BCUT2D eigenvalue weighted by atomic mass is 9.98. The fraction of sp³-hybridized carbons (Fsp3) is 0.769. The quantitative estimate of drug-likeness (QED) is 0.822. The zero-order valence-electron chi connectivity index (χ0n) is 11.3. The molecule has 0 aromatic carbocycles. The van der Waals surface area contributed by atoms with Crippen molar-refractivity contribution in [3.63, 3.8) is 0 Å². The van der Waals surface area contributed by atoms with Crippen molar-refractivity contribution in [2.45, 2.75) is 58.6 Å². The van der Waals surface area contributed by atoms with Gasteiger partial charge in [-0.3, -0.25) is 0 Å². The summed E-state index contributed by atoms with van der Waals surface area (Å²) in [6.45, 7) is 10.00. The molecule has 0 amide bonds. The molecular weight excluding hydrogens is 232 g/mol. The molecule has 2 N–H and O–H groups in total. The summed E-state index contributed by atoms with van der Waals surface area (Å²) in [5.41, 5.74) is 1.20. The molecule has 0 fully saturated rings. The minimum absolute atomic E-state index is 0.130. The lowest BCUT2D eigenvalue weighted by Crippen LogP contribution is -2.26. The number of thiazole rings is 1. The first kappa shape index (κ1) is 14.6. The molecule has 1 aromatic heterocycles. The van der Waals surface area contributed by atoms with Crippen molar-refractivity contribution in [2.24, 2.45) is 0 Å². The Kier molecular flexibility index (Phi) is 5.56. The van der Waals surface area contributed by atoms with Crippen molar-refractivity contribution in [1.29, 1.82) is 0 Å². The molecule has 17 heavy (non-hydrogen) atoms. The smallest absolute Gasteiger partial charge is 0.0982 e. The fourth-order valence-electron chi connectivity index (χ4n) is 1.53. The second kappa shape index (κ2) is 6.47. The maximum atomic E-state index is 9.58. The summed E-state index contributed by atoms with van der Waals surface area (Å²) in [5, 5.41) is 16.1. The predicted octanol–water partition coefficient (Wildman–Crippen LogP) is 2.69. The van der Waals surface area contributed by atoms with E-state index in [2.05, 4.69) is 43.4 Å². The summed E-state index contributed by atoms with van der Waals surface area (Å²) in [5.74, 6) is 0. The molecule has 1 aromatic rings. The van der Waals surface area contributed by atoms with Gasteiger partial charge in [0, 0.05) is 23.9 Å². The van der Waals surface area contributed by atoms with Gasteiger partial charge in [-0.2, -0.15) is 0 Å². The van der Waals surface area contributed by atoms with Crippen LogP contribution < -0.4 is 5.32 Å². The van der Waals surface area contributed by atoms with Crippen LogP contribution in [0.5, 0.6) is 0 Å². The maximum Gasteiger partial charge on any atom is 0.0982 e. The van der Waals surface area contributed by atoms with E-state index in [1.807, 2.05) is 0 Å². The first-order valence-corrected chi connectivity index (χ1v) is 7.15. The van der Waals surface area contributed by atoms with Crippen molar-refractivity contribution < 1.29 is 5.11 Å². The third-order valence-electron chi connectivity index (χ3n) is 2.50. The zero-order chi connectivity index (χ0) is 12.9. The van der Waals surface area contributed by atoms with Gasteiger partial charge in [0.15, 0.2) is 0 Å². The van der Waals surface area contributed by atoms with Crippen LogP contribution in [-0.2, 0) is 12.0 Å². The molecule has 3 nitrogen and oxygen atoms in total. The van der Waals surface area contributed by atoms with Crippen LogP contribution in [-0.4, -0.2) is 22.7 Å². The second-order valence-corrected chi connectivity index (χ2v) is 6.33. The van der Waals surface area contributed by atoms with Crippen molar-refractivity contribution in [3.8, 4) is 0 Å². The molecular formula is C13H24N2OS. The number of nitrogens with one attached hydrogen (secondary N) is 1. The van der Waals surface area contributed by atoms with E-state index in [4.69, 9.17) is 0 Å². The Bertz CT molecular complexity index is 330. The molecule has 0 bridgehead atoms. The van der Waals surface area contributed by atoms with E-state index in [1.165, 1.54) is 5.01 Å². The number of rotatable bonds is 6. The molecule has 1 unspecified atom stereocenters. The fourth-order valence-corrected chi connectivity index (χ4v) is 2.44. The highest BCUT2D eigenvalue weighted by atomic mass is 32.1.